The van der Waals surface area contributed by atoms with E-state index < -0.39 is 9.84 Å². The van der Waals surface area contributed by atoms with E-state index in [9.17, 15) is 13.2 Å². The molecule has 0 radical (unpaired) electrons. The van der Waals surface area contributed by atoms with Crippen molar-refractivity contribution in [1.82, 2.24) is 19.9 Å². The average molecular weight is 374 g/mol. The van der Waals surface area contributed by atoms with Crippen molar-refractivity contribution in [2.24, 2.45) is 5.92 Å². The molecule has 4 heterocycles. The molecule has 138 valence electrons. The Kier molecular flexibility index (Phi) is 4.38. The summed E-state index contributed by atoms with van der Waals surface area (Å²) in [5, 5.41) is 0.931. The summed E-state index contributed by atoms with van der Waals surface area (Å²) in [6.45, 7) is 3.12. The molecule has 0 unspecified atom stereocenters. The van der Waals surface area contributed by atoms with E-state index in [4.69, 9.17) is 0 Å². The normalized spacial score (nSPS) is 25.5. The van der Waals surface area contributed by atoms with Crippen LogP contribution in [0.15, 0.2) is 18.3 Å². The highest BCUT2D eigenvalue weighted by molar-refractivity contribution is 7.91. The molecule has 8 heteroatoms. The van der Waals surface area contributed by atoms with Crippen LogP contribution in [0.1, 0.15) is 36.7 Å². The Hall–Kier alpha value is -2.09. The lowest BCUT2D eigenvalue weighted by Crippen LogP contribution is -2.43. The number of rotatable bonds is 2. The van der Waals surface area contributed by atoms with Gasteiger partial charge < -0.3 is 4.90 Å². The van der Waals surface area contributed by atoms with E-state index in [1.165, 1.54) is 0 Å². The fraction of sp³-hybridized carbons (Fsp3) is 0.556. The summed E-state index contributed by atoms with van der Waals surface area (Å²) >= 11 is 0. The predicted molar refractivity (Wildman–Crippen MR) is 97.4 cm³/mol. The van der Waals surface area contributed by atoms with Crippen LogP contribution in [0.2, 0.25) is 0 Å². The van der Waals surface area contributed by atoms with Crippen molar-refractivity contribution in [3.63, 3.8) is 0 Å². The molecule has 2 aromatic rings. The van der Waals surface area contributed by atoms with Gasteiger partial charge in [0.25, 0.3) is 0 Å². The average Bonchev–Trinajstić information content (AvgIpc) is 3.00. The molecule has 2 aliphatic heterocycles. The number of aromatic nitrogens is 3. The van der Waals surface area contributed by atoms with Crippen molar-refractivity contribution in [3.8, 4) is 0 Å². The van der Waals surface area contributed by atoms with Crippen molar-refractivity contribution >= 4 is 26.8 Å². The first kappa shape index (κ1) is 17.3. The number of hydrogen-bond donors (Lipinski definition) is 0. The minimum atomic E-state index is -3.06. The van der Waals surface area contributed by atoms with E-state index >= 15 is 0 Å². The molecule has 2 atom stereocenters. The lowest BCUT2D eigenvalue weighted by atomic mass is 9.91. The highest BCUT2D eigenvalue weighted by atomic mass is 32.2. The molecule has 7 nitrogen and oxygen atoms in total. The quantitative estimate of drug-likeness (QED) is 0.790. The van der Waals surface area contributed by atoms with Gasteiger partial charge in [0.15, 0.2) is 15.5 Å². The lowest BCUT2D eigenvalue weighted by molar-refractivity contribution is -0.136. The summed E-state index contributed by atoms with van der Waals surface area (Å²) in [4.78, 5) is 28.0. The number of piperidine rings is 1. The topological polar surface area (TPSA) is 93.1 Å². The molecule has 2 saturated heterocycles. The van der Waals surface area contributed by atoms with Crippen LogP contribution in [-0.2, 0) is 14.6 Å². The van der Waals surface area contributed by atoms with Gasteiger partial charge in [-0.15, -0.1) is 0 Å². The number of likely N-dealkylation sites (tertiary alicyclic amines) is 1. The van der Waals surface area contributed by atoms with E-state index in [0.29, 0.717) is 31.0 Å². The Morgan fingerprint density at radius 2 is 2.12 bits per heavy atom. The van der Waals surface area contributed by atoms with Crippen LogP contribution < -0.4 is 0 Å². The van der Waals surface area contributed by atoms with Crippen LogP contribution in [0.4, 0.5) is 0 Å². The van der Waals surface area contributed by atoms with Crippen molar-refractivity contribution < 1.29 is 13.2 Å². The smallest absolute Gasteiger partial charge is 0.226 e. The minimum absolute atomic E-state index is 0.00747. The third-order valence-electron chi connectivity index (χ3n) is 5.31. The van der Waals surface area contributed by atoms with Gasteiger partial charge in [-0.25, -0.2) is 23.4 Å². The molecule has 0 saturated carbocycles. The van der Waals surface area contributed by atoms with Crippen LogP contribution >= 0.6 is 0 Å². The first-order chi connectivity index (χ1) is 12.4. The van der Waals surface area contributed by atoms with Gasteiger partial charge in [-0.3, -0.25) is 4.79 Å². The molecule has 4 rings (SSSR count). The number of pyridine rings is 1. The van der Waals surface area contributed by atoms with Crippen molar-refractivity contribution in [2.75, 3.05) is 24.6 Å². The zero-order valence-electron chi connectivity index (χ0n) is 14.8. The van der Waals surface area contributed by atoms with Crippen LogP contribution in [0, 0.1) is 12.8 Å². The molecule has 0 spiro atoms. The summed E-state index contributed by atoms with van der Waals surface area (Å²) in [5.74, 6) is 0.512. The molecule has 0 bridgehead atoms. The van der Waals surface area contributed by atoms with E-state index in [0.717, 1.165) is 23.9 Å². The van der Waals surface area contributed by atoms with Crippen LogP contribution in [0.3, 0.4) is 0 Å². The Morgan fingerprint density at radius 1 is 1.27 bits per heavy atom. The Balaban J connectivity index is 1.59. The van der Waals surface area contributed by atoms with E-state index in [1.807, 2.05) is 24.0 Å². The zero-order valence-corrected chi connectivity index (χ0v) is 15.6. The number of carbonyl (C=O) groups excluding carboxylic acids is 1. The van der Waals surface area contributed by atoms with Gasteiger partial charge >= 0.3 is 0 Å². The highest BCUT2D eigenvalue weighted by Gasteiger charge is 2.37. The third kappa shape index (κ3) is 3.30. The summed E-state index contributed by atoms with van der Waals surface area (Å²) in [6, 6.07) is 3.85. The molecule has 2 aliphatic rings. The van der Waals surface area contributed by atoms with Crippen molar-refractivity contribution in [1.29, 1.82) is 0 Å². The van der Waals surface area contributed by atoms with E-state index in [1.54, 1.807) is 6.20 Å². The summed E-state index contributed by atoms with van der Waals surface area (Å²) < 4.78 is 23.4. The maximum absolute atomic E-state index is 12.8. The number of amides is 1. The van der Waals surface area contributed by atoms with Gasteiger partial charge in [0, 0.05) is 30.6 Å². The summed E-state index contributed by atoms with van der Waals surface area (Å²) in [7, 11) is -3.06. The number of hydrogen-bond acceptors (Lipinski definition) is 6. The first-order valence-electron chi connectivity index (χ1n) is 9.01. The number of sulfone groups is 1. The largest absolute Gasteiger partial charge is 0.342 e. The molecule has 26 heavy (non-hydrogen) atoms. The number of carbonyl (C=O) groups is 1. The second-order valence-corrected chi connectivity index (χ2v) is 9.48. The van der Waals surface area contributed by atoms with Crippen molar-refractivity contribution in [2.45, 2.75) is 32.1 Å². The SMILES string of the molecule is Cc1nc([C@H]2CCCN(C(=O)[C@H]3CCS(=O)(=O)C3)C2)c2cccnc2n1. The molecule has 2 aromatic heterocycles. The highest BCUT2D eigenvalue weighted by Crippen LogP contribution is 2.31. The van der Waals surface area contributed by atoms with Gasteiger partial charge in [-0.1, -0.05) is 0 Å². The first-order valence-corrected chi connectivity index (χ1v) is 10.8. The molecular formula is C18H22N4O3S. The molecule has 2 fully saturated rings. The van der Waals surface area contributed by atoms with E-state index in [2.05, 4.69) is 15.0 Å². The Labute approximate surface area is 152 Å². The second-order valence-electron chi connectivity index (χ2n) is 7.25. The lowest BCUT2D eigenvalue weighted by Gasteiger charge is -2.34. The van der Waals surface area contributed by atoms with Gasteiger partial charge in [-0.05, 0) is 38.3 Å². The van der Waals surface area contributed by atoms with Gasteiger partial charge in [0.05, 0.1) is 23.1 Å². The molecule has 0 aromatic carbocycles. The fourth-order valence-corrected chi connectivity index (χ4v) is 5.79. The minimum Gasteiger partial charge on any atom is -0.342 e. The number of aryl methyl sites for hydroxylation is 1. The summed E-state index contributed by atoms with van der Waals surface area (Å²) in [5.41, 5.74) is 1.62. The van der Waals surface area contributed by atoms with Gasteiger partial charge in [0.1, 0.15) is 5.82 Å². The number of nitrogens with zero attached hydrogens (tertiary/aromatic N) is 4. The van der Waals surface area contributed by atoms with Crippen LogP contribution in [0.25, 0.3) is 11.0 Å². The molecule has 1 amide bonds. The molecule has 0 N–H and O–H groups in total. The standard InChI is InChI=1S/C18H22N4O3S/c1-12-20-16(15-5-2-7-19-17(15)21-12)13-4-3-8-22(10-13)18(23)14-6-9-26(24,25)11-14/h2,5,7,13-14H,3-4,6,8-11H2,1H3/t13-,14-/m0/s1. The second kappa shape index (κ2) is 6.57. The maximum atomic E-state index is 12.8. The maximum Gasteiger partial charge on any atom is 0.226 e. The zero-order chi connectivity index (χ0) is 18.3. The Bertz CT molecular complexity index is 960. The Morgan fingerprint density at radius 3 is 2.88 bits per heavy atom. The van der Waals surface area contributed by atoms with Crippen molar-refractivity contribution in [3.05, 3.63) is 29.8 Å². The molecular weight excluding hydrogens is 352 g/mol. The fourth-order valence-electron chi connectivity index (χ4n) is 4.06. The van der Waals surface area contributed by atoms with Gasteiger partial charge in [-0.2, -0.15) is 0 Å². The van der Waals surface area contributed by atoms with Crippen LogP contribution in [0.5, 0.6) is 0 Å². The van der Waals surface area contributed by atoms with Crippen LogP contribution in [-0.4, -0.2) is 58.8 Å². The predicted octanol–water partition coefficient (Wildman–Crippen LogP) is 1.47. The third-order valence-corrected chi connectivity index (χ3v) is 7.08. The van der Waals surface area contributed by atoms with E-state index in [-0.39, 0.29) is 29.2 Å². The van der Waals surface area contributed by atoms with Gasteiger partial charge in [0.2, 0.25) is 5.91 Å². The summed E-state index contributed by atoms with van der Waals surface area (Å²) in [6.07, 6.45) is 4.01. The number of fused-ring (bicyclic) bond motifs is 1. The molecule has 0 aliphatic carbocycles. The monoisotopic (exact) mass is 374 g/mol.